The highest BCUT2D eigenvalue weighted by Gasteiger charge is 2.32. The molecule has 2 heterocycles. The molecule has 0 unspecified atom stereocenters. The van der Waals surface area contributed by atoms with Gasteiger partial charge in [-0.3, -0.25) is 9.78 Å². The average Bonchev–Trinajstić information content (AvgIpc) is 3.62. The van der Waals surface area contributed by atoms with E-state index in [2.05, 4.69) is 21.0 Å². The number of aromatic nitrogens is 4. The van der Waals surface area contributed by atoms with Crippen molar-refractivity contribution in [2.45, 2.75) is 44.1 Å². The molecule has 0 atom stereocenters. The zero-order chi connectivity index (χ0) is 18.2. The standard InChI is InChI=1S/C21H21N5O/c27-21(14-25-11-9-22-10-12-25)23-17-5-7-18(8-6-17)26-20(16-3-4-16)13-19(24-26)15-1-2-15/h5-13,15-16H,1-4,14H2/p+1. The number of benzene rings is 1. The van der Waals surface area contributed by atoms with Gasteiger partial charge in [0.25, 0.3) is 5.91 Å². The summed E-state index contributed by atoms with van der Waals surface area (Å²) in [5, 5.41) is 7.81. The largest absolute Gasteiger partial charge is 0.321 e. The molecule has 0 aliphatic heterocycles. The molecular formula is C21H22N5O+. The van der Waals surface area contributed by atoms with Crippen molar-refractivity contribution in [3.8, 4) is 5.69 Å². The van der Waals surface area contributed by atoms with E-state index >= 15 is 0 Å². The molecule has 0 radical (unpaired) electrons. The molecule has 6 nitrogen and oxygen atoms in total. The van der Waals surface area contributed by atoms with Crippen LogP contribution in [-0.4, -0.2) is 20.7 Å². The zero-order valence-electron chi connectivity index (χ0n) is 15.1. The Labute approximate surface area is 157 Å². The normalized spacial score (nSPS) is 16.3. The summed E-state index contributed by atoms with van der Waals surface area (Å²) in [4.78, 5) is 16.2. The summed E-state index contributed by atoms with van der Waals surface area (Å²) < 4.78 is 3.89. The fourth-order valence-electron chi connectivity index (χ4n) is 3.38. The zero-order valence-corrected chi connectivity index (χ0v) is 15.1. The molecular weight excluding hydrogens is 338 g/mol. The summed E-state index contributed by atoms with van der Waals surface area (Å²) in [5.74, 6) is 1.25. The topological polar surface area (TPSA) is 63.7 Å². The third-order valence-electron chi connectivity index (χ3n) is 5.16. The highest BCUT2D eigenvalue weighted by atomic mass is 16.1. The molecule has 0 bridgehead atoms. The third-order valence-corrected chi connectivity index (χ3v) is 5.16. The van der Waals surface area contributed by atoms with Crippen molar-refractivity contribution in [3.05, 3.63) is 66.5 Å². The second-order valence-corrected chi connectivity index (χ2v) is 7.47. The lowest BCUT2D eigenvalue weighted by molar-refractivity contribution is -0.684. The Bertz CT molecular complexity index is 956. The summed E-state index contributed by atoms with van der Waals surface area (Å²) in [6.07, 6.45) is 11.9. The van der Waals surface area contributed by atoms with Gasteiger partial charge >= 0.3 is 0 Å². The van der Waals surface area contributed by atoms with E-state index in [1.54, 1.807) is 29.4 Å². The van der Waals surface area contributed by atoms with Gasteiger partial charge in [0, 0.05) is 23.2 Å². The van der Waals surface area contributed by atoms with Gasteiger partial charge in [-0.25, -0.2) is 4.68 Å². The van der Waals surface area contributed by atoms with Gasteiger partial charge in [-0.05, 0) is 56.0 Å². The van der Waals surface area contributed by atoms with Gasteiger partial charge in [0.05, 0.1) is 23.8 Å². The van der Waals surface area contributed by atoms with Crippen LogP contribution < -0.4 is 9.88 Å². The molecule has 2 aliphatic carbocycles. The molecule has 27 heavy (non-hydrogen) atoms. The molecule has 5 rings (SSSR count). The van der Waals surface area contributed by atoms with Crippen LogP contribution in [0.15, 0.2) is 55.1 Å². The van der Waals surface area contributed by atoms with Crippen LogP contribution in [0, 0.1) is 0 Å². The summed E-state index contributed by atoms with van der Waals surface area (Å²) >= 11 is 0. The Balaban J connectivity index is 1.31. The minimum Gasteiger partial charge on any atom is -0.321 e. The van der Waals surface area contributed by atoms with Gasteiger partial charge in [-0.1, -0.05) is 0 Å². The fourth-order valence-corrected chi connectivity index (χ4v) is 3.38. The number of hydrogen-bond acceptors (Lipinski definition) is 3. The molecule has 1 N–H and O–H groups in total. The van der Waals surface area contributed by atoms with Gasteiger partial charge < -0.3 is 5.32 Å². The predicted octanol–water partition coefficient (Wildman–Crippen LogP) is 2.95. The Hall–Kier alpha value is -3.02. The Morgan fingerprint density at radius 1 is 1.07 bits per heavy atom. The fraction of sp³-hybridized carbons (Fsp3) is 0.333. The van der Waals surface area contributed by atoms with E-state index in [1.165, 1.54) is 37.1 Å². The molecule has 3 aromatic rings. The van der Waals surface area contributed by atoms with Gasteiger partial charge in [0.15, 0.2) is 12.4 Å². The first-order valence-electron chi connectivity index (χ1n) is 9.55. The van der Waals surface area contributed by atoms with Crippen molar-refractivity contribution in [2.75, 3.05) is 5.32 Å². The number of hydrogen-bond donors (Lipinski definition) is 1. The summed E-state index contributed by atoms with van der Waals surface area (Å²) in [7, 11) is 0. The molecule has 136 valence electrons. The Morgan fingerprint density at radius 2 is 1.78 bits per heavy atom. The number of carbonyl (C=O) groups excluding carboxylic acids is 1. The quantitative estimate of drug-likeness (QED) is 0.688. The van der Waals surface area contributed by atoms with Crippen molar-refractivity contribution >= 4 is 11.6 Å². The molecule has 6 heteroatoms. The summed E-state index contributed by atoms with van der Waals surface area (Å²) in [5.41, 5.74) is 4.43. The van der Waals surface area contributed by atoms with Gasteiger partial charge in [-0.2, -0.15) is 9.67 Å². The lowest BCUT2D eigenvalue weighted by atomic mass is 10.2. The van der Waals surface area contributed by atoms with E-state index in [0.717, 1.165) is 11.4 Å². The second kappa shape index (κ2) is 6.61. The smallest absolute Gasteiger partial charge is 0.290 e. The van der Waals surface area contributed by atoms with Crippen molar-refractivity contribution in [1.29, 1.82) is 0 Å². The van der Waals surface area contributed by atoms with Crippen LogP contribution >= 0.6 is 0 Å². The molecule has 2 fully saturated rings. The summed E-state index contributed by atoms with van der Waals surface area (Å²) in [6.45, 7) is 0.264. The Morgan fingerprint density at radius 3 is 2.44 bits per heavy atom. The number of nitrogens with zero attached hydrogens (tertiary/aromatic N) is 4. The highest BCUT2D eigenvalue weighted by molar-refractivity contribution is 5.89. The van der Waals surface area contributed by atoms with Gasteiger partial charge in [-0.15, -0.1) is 0 Å². The van der Waals surface area contributed by atoms with E-state index < -0.39 is 0 Å². The van der Waals surface area contributed by atoms with Crippen LogP contribution in [-0.2, 0) is 11.3 Å². The van der Waals surface area contributed by atoms with Crippen LogP contribution in [0.5, 0.6) is 0 Å². The Kier molecular flexibility index (Phi) is 3.96. The number of carbonyl (C=O) groups is 1. The van der Waals surface area contributed by atoms with Gasteiger partial charge in [0.2, 0.25) is 6.54 Å². The number of rotatable bonds is 6. The van der Waals surface area contributed by atoms with E-state index in [1.807, 2.05) is 24.3 Å². The van der Waals surface area contributed by atoms with E-state index in [9.17, 15) is 4.79 Å². The minimum atomic E-state index is -0.0623. The molecule has 2 aromatic heterocycles. The maximum Gasteiger partial charge on any atom is 0.290 e. The highest BCUT2D eigenvalue weighted by Crippen LogP contribution is 2.45. The summed E-state index contributed by atoms with van der Waals surface area (Å²) in [6, 6.07) is 10.3. The maximum absolute atomic E-state index is 12.2. The first-order valence-corrected chi connectivity index (χ1v) is 9.55. The monoisotopic (exact) mass is 360 g/mol. The predicted molar refractivity (Wildman–Crippen MR) is 101 cm³/mol. The van der Waals surface area contributed by atoms with Crippen LogP contribution in [0.25, 0.3) is 5.69 Å². The third kappa shape index (κ3) is 3.60. The number of amides is 1. The van der Waals surface area contributed by atoms with E-state index in [0.29, 0.717) is 11.8 Å². The van der Waals surface area contributed by atoms with Gasteiger partial charge in [0.1, 0.15) is 0 Å². The molecule has 0 saturated heterocycles. The maximum atomic E-state index is 12.2. The lowest BCUT2D eigenvalue weighted by Crippen LogP contribution is -2.39. The SMILES string of the molecule is O=C(C[n+]1ccncc1)Nc1ccc(-n2nc(C3CC3)cc2C2CC2)cc1. The number of nitrogens with one attached hydrogen (secondary N) is 1. The average molecular weight is 360 g/mol. The van der Waals surface area contributed by atoms with E-state index in [-0.39, 0.29) is 12.5 Å². The molecule has 2 saturated carbocycles. The minimum absolute atomic E-state index is 0.0623. The van der Waals surface area contributed by atoms with Crippen LogP contribution in [0.1, 0.15) is 48.9 Å². The van der Waals surface area contributed by atoms with Crippen molar-refractivity contribution in [3.63, 3.8) is 0 Å². The molecule has 0 spiro atoms. The first kappa shape index (κ1) is 16.2. The lowest BCUT2D eigenvalue weighted by Gasteiger charge is -2.08. The molecule has 1 aromatic carbocycles. The van der Waals surface area contributed by atoms with E-state index in [4.69, 9.17) is 5.10 Å². The number of anilines is 1. The van der Waals surface area contributed by atoms with Crippen LogP contribution in [0.3, 0.4) is 0 Å². The van der Waals surface area contributed by atoms with Crippen molar-refractivity contribution in [1.82, 2.24) is 14.8 Å². The van der Waals surface area contributed by atoms with Crippen LogP contribution in [0.2, 0.25) is 0 Å². The molecule has 2 aliphatic rings. The van der Waals surface area contributed by atoms with Crippen molar-refractivity contribution in [2.24, 2.45) is 0 Å². The van der Waals surface area contributed by atoms with Crippen LogP contribution in [0.4, 0.5) is 5.69 Å². The first-order chi connectivity index (χ1) is 13.3. The second-order valence-electron chi connectivity index (χ2n) is 7.47. The molecule has 1 amide bonds. The van der Waals surface area contributed by atoms with Crippen molar-refractivity contribution < 1.29 is 9.36 Å².